The van der Waals surface area contributed by atoms with Crippen molar-refractivity contribution in [1.29, 1.82) is 0 Å². The van der Waals surface area contributed by atoms with Gasteiger partial charge in [-0.15, -0.1) is 11.3 Å². The number of amides is 1. The van der Waals surface area contributed by atoms with Crippen LogP contribution in [-0.4, -0.2) is 21.8 Å². The highest BCUT2D eigenvalue weighted by atomic mass is 32.1. The summed E-state index contributed by atoms with van der Waals surface area (Å²) >= 11 is 1.56. The van der Waals surface area contributed by atoms with Gasteiger partial charge in [-0.05, 0) is 25.0 Å². The number of carbonyl (C=O) groups excluding carboxylic acids is 1. The number of halogens is 3. The molecule has 4 nitrogen and oxygen atoms in total. The van der Waals surface area contributed by atoms with E-state index in [2.05, 4.69) is 4.98 Å². The lowest BCUT2D eigenvalue weighted by Crippen LogP contribution is -2.34. The van der Waals surface area contributed by atoms with Gasteiger partial charge in [-0.25, -0.2) is 18.2 Å². The van der Waals surface area contributed by atoms with Crippen LogP contribution in [0.4, 0.5) is 13.2 Å². The Hall–Kier alpha value is -1.93. The predicted molar refractivity (Wildman–Crippen MR) is 83.7 cm³/mol. The Labute approximate surface area is 141 Å². The molecule has 2 heterocycles. The molecule has 1 aromatic carbocycles. The normalized spacial score (nSPS) is 14.8. The molecule has 8 heteroatoms. The van der Waals surface area contributed by atoms with Crippen molar-refractivity contribution in [2.75, 3.05) is 0 Å². The van der Waals surface area contributed by atoms with Crippen LogP contribution < -0.4 is 5.73 Å². The third kappa shape index (κ3) is 3.44. The van der Waals surface area contributed by atoms with E-state index in [1.165, 1.54) is 0 Å². The first-order valence-electron chi connectivity index (χ1n) is 7.45. The maximum atomic E-state index is 13.6. The molecule has 24 heavy (non-hydrogen) atoms. The Morgan fingerprint density at radius 1 is 1.29 bits per heavy atom. The summed E-state index contributed by atoms with van der Waals surface area (Å²) in [4.78, 5) is 19.4. The first-order valence-corrected chi connectivity index (χ1v) is 8.27. The van der Waals surface area contributed by atoms with E-state index in [4.69, 9.17) is 5.73 Å². The van der Waals surface area contributed by atoms with Gasteiger partial charge in [0.15, 0.2) is 11.6 Å². The lowest BCUT2D eigenvalue weighted by Gasteiger charge is -2.18. The quantitative estimate of drug-likeness (QED) is 0.858. The van der Waals surface area contributed by atoms with Crippen LogP contribution in [0.1, 0.15) is 27.6 Å². The number of carbonyl (C=O) groups is 1. The number of fused-ring (bicyclic) bond motifs is 1. The molecule has 3 rings (SSSR count). The molecular formula is C16H16F3N3OS. The molecule has 1 atom stereocenters. The average Bonchev–Trinajstić information content (AvgIpc) is 3.01. The van der Waals surface area contributed by atoms with E-state index >= 15 is 0 Å². The van der Waals surface area contributed by atoms with Crippen LogP contribution in [0, 0.1) is 24.4 Å². The number of hydrogen-bond acceptors (Lipinski definition) is 4. The maximum absolute atomic E-state index is 13.6. The molecule has 0 bridgehead atoms. The fourth-order valence-electron chi connectivity index (χ4n) is 2.77. The van der Waals surface area contributed by atoms with Crippen LogP contribution in [0.25, 0.3) is 0 Å². The third-order valence-electron chi connectivity index (χ3n) is 3.92. The Morgan fingerprint density at radius 2 is 2.00 bits per heavy atom. The SMILES string of the molecule is Cc1nc2c(s1)CN(C(=O)C[C@H](N)Cc1cc(F)c(F)cc1F)C2. The van der Waals surface area contributed by atoms with Crippen molar-refractivity contribution in [2.24, 2.45) is 5.73 Å². The summed E-state index contributed by atoms with van der Waals surface area (Å²) in [6.45, 7) is 2.87. The summed E-state index contributed by atoms with van der Waals surface area (Å²) in [6, 6.07) is 0.603. The van der Waals surface area contributed by atoms with Crippen molar-refractivity contribution < 1.29 is 18.0 Å². The molecule has 0 aliphatic carbocycles. The Bertz CT molecular complexity index is 770. The van der Waals surface area contributed by atoms with Gasteiger partial charge in [-0.2, -0.15) is 0 Å². The van der Waals surface area contributed by atoms with Crippen LogP contribution in [0.5, 0.6) is 0 Å². The number of aryl methyl sites for hydroxylation is 1. The maximum Gasteiger partial charge on any atom is 0.224 e. The first-order chi connectivity index (χ1) is 11.3. The van der Waals surface area contributed by atoms with Crippen molar-refractivity contribution in [3.63, 3.8) is 0 Å². The topological polar surface area (TPSA) is 59.2 Å². The van der Waals surface area contributed by atoms with E-state index in [0.717, 1.165) is 21.6 Å². The van der Waals surface area contributed by atoms with E-state index in [9.17, 15) is 18.0 Å². The molecule has 0 saturated heterocycles. The highest BCUT2D eigenvalue weighted by molar-refractivity contribution is 7.11. The molecule has 0 radical (unpaired) electrons. The lowest BCUT2D eigenvalue weighted by molar-refractivity contribution is -0.132. The number of nitrogens with zero attached hydrogens (tertiary/aromatic N) is 2. The zero-order valence-corrected chi connectivity index (χ0v) is 13.8. The summed E-state index contributed by atoms with van der Waals surface area (Å²) in [5, 5.41) is 0.970. The molecule has 0 spiro atoms. The second-order valence-corrected chi connectivity index (χ2v) is 7.17. The fourth-order valence-corrected chi connectivity index (χ4v) is 3.73. The van der Waals surface area contributed by atoms with Crippen molar-refractivity contribution in [2.45, 2.75) is 38.9 Å². The summed E-state index contributed by atoms with van der Waals surface area (Å²) in [5.41, 5.74) is 6.77. The zero-order chi connectivity index (χ0) is 17.4. The predicted octanol–water partition coefficient (Wildman–Crippen LogP) is 2.67. The monoisotopic (exact) mass is 355 g/mol. The molecule has 1 aliphatic heterocycles. The Kier molecular flexibility index (Phi) is 4.60. The number of thiazole rings is 1. The minimum Gasteiger partial charge on any atom is -0.331 e. The number of aromatic nitrogens is 1. The van der Waals surface area contributed by atoms with Crippen LogP contribution in [0.2, 0.25) is 0 Å². The summed E-state index contributed by atoms with van der Waals surface area (Å²) in [5.74, 6) is -3.39. The molecule has 128 valence electrons. The van der Waals surface area contributed by atoms with Crippen molar-refractivity contribution in [3.8, 4) is 0 Å². The van der Waals surface area contributed by atoms with Crippen LogP contribution in [-0.2, 0) is 24.3 Å². The van der Waals surface area contributed by atoms with Gasteiger partial charge in [0.25, 0.3) is 0 Å². The molecule has 1 amide bonds. The van der Waals surface area contributed by atoms with E-state index in [1.54, 1.807) is 16.2 Å². The molecule has 2 aromatic rings. The summed E-state index contributed by atoms with van der Waals surface area (Å²) in [7, 11) is 0. The van der Waals surface area contributed by atoms with E-state index < -0.39 is 23.5 Å². The highest BCUT2D eigenvalue weighted by Crippen LogP contribution is 2.28. The van der Waals surface area contributed by atoms with Crippen molar-refractivity contribution >= 4 is 17.2 Å². The third-order valence-corrected chi connectivity index (χ3v) is 4.92. The van der Waals surface area contributed by atoms with Gasteiger partial charge in [0.05, 0.1) is 23.8 Å². The average molecular weight is 355 g/mol. The van der Waals surface area contributed by atoms with Gasteiger partial charge in [0.1, 0.15) is 5.82 Å². The van der Waals surface area contributed by atoms with Gasteiger partial charge >= 0.3 is 0 Å². The Morgan fingerprint density at radius 3 is 2.71 bits per heavy atom. The van der Waals surface area contributed by atoms with E-state index in [0.29, 0.717) is 19.2 Å². The number of hydrogen-bond donors (Lipinski definition) is 1. The minimum atomic E-state index is -1.24. The number of nitrogens with two attached hydrogens (primary N) is 1. The second kappa shape index (κ2) is 6.52. The Balaban J connectivity index is 1.59. The fraction of sp³-hybridized carbons (Fsp3) is 0.375. The molecule has 1 aliphatic rings. The largest absolute Gasteiger partial charge is 0.331 e. The number of rotatable bonds is 4. The first kappa shape index (κ1) is 16.9. The van der Waals surface area contributed by atoms with Crippen LogP contribution in [0.15, 0.2) is 12.1 Å². The van der Waals surface area contributed by atoms with Crippen LogP contribution >= 0.6 is 11.3 Å². The summed E-state index contributed by atoms with van der Waals surface area (Å²) in [6.07, 6.45) is -0.0336. The molecular weight excluding hydrogens is 339 g/mol. The van der Waals surface area contributed by atoms with Crippen molar-refractivity contribution in [1.82, 2.24) is 9.88 Å². The molecule has 0 unspecified atom stereocenters. The van der Waals surface area contributed by atoms with Gasteiger partial charge < -0.3 is 10.6 Å². The minimum absolute atomic E-state index is 0.00631. The van der Waals surface area contributed by atoms with E-state index in [1.807, 2.05) is 6.92 Å². The van der Waals surface area contributed by atoms with Crippen molar-refractivity contribution in [3.05, 3.63) is 50.7 Å². The summed E-state index contributed by atoms with van der Waals surface area (Å²) < 4.78 is 39.8. The molecule has 2 N–H and O–H groups in total. The standard InChI is InChI=1S/C16H16F3N3OS/c1-8-21-14-6-22(7-15(14)24-8)16(23)4-10(20)2-9-3-12(18)13(19)5-11(9)17/h3,5,10H,2,4,6-7,20H2,1H3/t10-/m1/s1. The van der Waals surface area contributed by atoms with Gasteiger partial charge in [0.2, 0.25) is 5.91 Å². The molecule has 1 aromatic heterocycles. The molecule has 0 fully saturated rings. The van der Waals surface area contributed by atoms with Crippen LogP contribution in [0.3, 0.4) is 0 Å². The highest BCUT2D eigenvalue weighted by Gasteiger charge is 2.27. The number of benzene rings is 1. The smallest absolute Gasteiger partial charge is 0.224 e. The van der Waals surface area contributed by atoms with Gasteiger partial charge in [-0.3, -0.25) is 4.79 Å². The van der Waals surface area contributed by atoms with Gasteiger partial charge in [-0.1, -0.05) is 0 Å². The zero-order valence-electron chi connectivity index (χ0n) is 13.0. The molecule has 0 saturated carbocycles. The lowest BCUT2D eigenvalue weighted by atomic mass is 10.0. The second-order valence-electron chi connectivity index (χ2n) is 5.88. The van der Waals surface area contributed by atoms with Gasteiger partial charge in [0, 0.05) is 23.4 Å². The van der Waals surface area contributed by atoms with E-state index in [-0.39, 0.29) is 24.3 Å².